The first kappa shape index (κ1) is 17.9. The molecule has 0 atom stereocenters. The molecule has 1 aliphatic heterocycles. The Balaban J connectivity index is 1.12. The normalized spacial score (nSPS) is 23.6. The van der Waals surface area contributed by atoms with E-state index >= 15 is 0 Å². The van der Waals surface area contributed by atoms with Crippen molar-refractivity contribution in [3.8, 4) is 0 Å². The average Bonchev–Trinajstić information content (AvgIpc) is 3.37. The molecule has 146 valence electrons. The molecule has 6 heteroatoms. The van der Waals surface area contributed by atoms with Crippen LogP contribution in [0.15, 0.2) is 24.3 Å². The number of benzene rings is 1. The highest BCUT2D eigenvalue weighted by Gasteiger charge is 2.32. The molecule has 1 aromatic heterocycles. The van der Waals surface area contributed by atoms with Gasteiger partial charge in [0.15, 0.2) is 5.13 Å². The van der Waals surface area contributed by atoms with Crippen molar-refractivity contribution in [2.75, 3.05) is 11.9 Å². The minimum atomic E-state index is 0.0708. The second-order valence-corrected chi connectivity index (χ2v) is 9.38. The van der Waals surface area contributed by atoms with Crippen molar-refractivity contribution >= 4 is 28.3 Å². The van der Waals surface area contributed by atoms with E-state index in [1.807, 2.05) is 29.2 Å². The summed E-state index contributed by atoms with van der Waals surface area (Å²) in [7, 11) is 0. The molecule has 2 heterocycles. The molecule has 2 aromatic rings. The van der Waals surface area contributed by atoms with Crippen molar-refractivity contribution in [1.82, 2.24) is 9.88 Å². The third-order valence-electron chi connectivity index (χ3n) is 6.42. The maximum atomic E-state index is 12.6. The number of carbonyl (C=O) groups is 2. The van der Waals surface area contributed by atoms with Crippen molar-refractivity contribution in [2.45, 2.75) is 51.5 Å². The smallest absolute Gasteiger partial charge is 0.254 e. The first-order valence-corrected chi connectivity index (χ1v) is 11.2. The van der Waals surface area contributed by atoms with Gasteiger partial charge in [0.05, 0.1) is 5.69 Å². The van der Waals surface area contributed by atoms with Gasteiger partial charge in [0.25, 0.3) is 5.91 Å². The maximum Gasteiger partial charge on any atom is 0.254 e. The van der Waals surface area contributed by atoms with Crippen molar-refractivity contribution in [3.05, 3.63) is 46.0 Å². The molecule has 2 amide bonds. The summed E-state index contributed by atoms with van der Waals surface area (Å²) >= 11 is 1.64. The molecule has 1 fully saturated rings. The summed E-state index contributed by atoms with van der Waals surface area (Å²) in [5.74, 6) is 0.843. The van der Waals surface area contributed by atoms with Crippen LogP contribution in [-0.2, 0) is 24.2 Å². The first-order chi connectivity index (χ1) is 13.7. The lowest BCUT2D eigenvalue weighted by Gasteiger charge is -2.30. The summed E-state index contributed by atoms with van der Waals surface area (Å²) in [5.41, 5.74) is 3.17. The topological polar surface area (TPSA) is 62.3 Å². The number of rotatable bonds is 4. The van der Waals surface area contributed by atoms with Gasteiger partial charge >= 0.3 is 0 Å². The second-order valence-electron chi connectivity index (χ2n) is 8.29. The highest BCUT2D eigenvalue weighted by molar-refractivity contribution is 7.15. The summed E-state index contributed by atoms with van der Waals surface area (Å²) in [6.45, 7) is 1.53. The Bertz CT molecular complexity index is 893. The number of nitrogens with zero attached hydrogens (tertiary/aromatic N) is 2. The number of aryl methyl sites for hydroxylation is 2. The lowest BCUT2D eigenvalue weighted by molar-refractivity contribution is -0.121. The van der Waals surface area contributed by atoms with E-state index in [1.54, 1.807) is 11.3 Å². The standard InChI is InChI=1S/C22H25N3O2S/c26-20(24-22-23-18-6-3-7-19(18)28-22)15-10-8-14(9-11-15)12-25-13-16-4-1-2-5-17(16)21(25)27/h1-2,4-5,14-15H,3,6-13H2,(H,23,24,26). The predicted octanol–water partition coefficient (Wildman–Crippen LogP) is 4.03. The minimum Gasteiger partial charge on any atom is -0.334 e. The average molecular weight is 396 g/mol. The fourth-order valence-corrected chi connectivity index (χ4v) is 5.89. The number of nitrogens with one attached hydrogen (secondary N) is 1. The van der Waals surface area contributed by atoms with E-state index in [4.69, 9.17) is 0 Å². The molecule has 1 aromatic carbocycles. The fourth-order valence-electron chi connectivity index (χ4n) is 4.83. The van der Waals surface area contributed by atoms with E-state index in [2.05, 4.69) is 10.3 Å². The Labute approximate surface area is 169 Å². The first-order valence-electron chi connectivity index (χ1n) is 10.3. The Morgan fingerprint density at radius 3 is 2.79 bits per heavy atom. The number of fused-ring (bicyclic) bond motifs is 2. The van der Waals surface area contributed by atoms with Gasteiger partial charge in [0.1, 0.15) is 0 Å². The zero-order valence-corrected chi connectivity index (χ0v) is 16.8. The molecule has 5 nitrogen and oxygen atoms in total. The van der Waals surface area contributed by atoms with Crippen LogP contribution in [0.5, 0.6) is 0 Å². The number of thiazole rings is 1. The van der Waals surface area contributed by atoms with Crippen LogP contribution in [0.1, 0.15) is 58.6 Å². The van der Waals surface area contributed by atoms with E-state index in [0.717, 1.165) is 67.9 Å². The van der Waals surface area contributed by atoms with Gasteiger partial charge in [0.2, 0.25) is 5.91 Å². The van der Waals surface area contributed by atoms with Crippen molar-refractivity contribution < 1.29 is 9.59 Å². The van der Waals surface area contributed by atoms with E-state index in [9.17, 15) is 9.59 Å². The molecule has 0 saturated heterocycles. The van der Waals surface area contributed by atoms with Crippen molar-refractivity contribution in [2.24, 2.45) is 11.8 Å². The molecule has 2 aliphatic carbocycles. The SMILES string of the molecule is O=C(Nc1nc2c(s1)CCC2)C1CCC(CN2Cc3ccccc3C2=O)CC1. The monoisotopic (exact) mass is 395 g/mol. The number of anilines is 1. The third kappa shape index (κ3) is 3.34. The fraction of sp³-hybridized carbons (Fsp3) is 0.500. The summed E-state index contributed by atoms with van der Waals surface area (Å²) in [6.07, 6.45) is 7.16. The number of hydrogen-bond acceptors (Lipinski definition) is 4. The second kappa shape index (κ2) is 7.32. The number of amides is 2. The van der Waals surface area contributed by atoms with Crippen molar-refractivity contribution in [1.29, 1.82) is 0 Å². The molecular formula is C22H25N3O2S. The predicted molar refractivity (Wildman–Crippen MR) is 109 cm³/mol. The van der Waals surface area contributed by atoms with Crippen molar-refractivity contribution in [3.63, 3.8) is 0 Å². The molecule has 5 rings (SSSR count). The van der Waals surface area contributed by atoms with Gasteiger partial charge in [-0.25, -0.2) is 4.98 Å². The van der Waals surface area contributed by atoms with Crippen LogP contribution in [0.3, 0.4) is 0 Å². The van der Waals surface area contributed by atoms with Gasteiger partial charge in [-0.2, -0.15) is 0 Å². The van der Waals surface area contributed by atoms with Gasteiger partial charge in [-0.3, -0.25) is 9.59 Å². The van der Waals surface area contributed by atoms with Gasteiger partial charge in [-0.1, -0.05) is 18.2 Å². The van der Waals surface area contributed by atoms with Crippen LogP contribution in [0.2, 0.25) is 0 Å². The van der Waals surface area contributed by atoms with Gasteiger partial charge < -0.3 is 10.2 Å². The summed E-state index contributed by atoms with van der Waals surface area (Å²) < 4.78 is 0. The molecule has 0 spiro atoms. The van der Waals surface area contributed by atoms with Gasteiger partial charge in [0, 0.05) is 29.4 Å². The highest BCUT2D eigenvalue weighted by atomic mass is 32.1. The highest BCUT2D eigenvalue weighted by Crippen LogP contribution is 2.34. The third-order valence-corrected chi connectivity index (χ3v) is 7.49. The Morgan fingerprint density at radius 1 is 1.18 bits per heavy atom. The largest absolute Gasteiger partial charge is 0.334 e. The minimum absolute atomic E-state index is 0.0708. The lowest BCUT2D eigenvalue weighted by atomic mass is 9.81. The lowest BCUT2D eigenvalue weighted by Crippen LogP contribution is -2.34. The van der Waals surface area contributed by atoms with Crippen LogP contribution in [0.4, 0.5) is 5.13 Å². The molecule has 3 aliphatic rings. The number of aromatic nitrogens is 1. The van der Waals surface area contributed by atoms with Crippen LogP contribution in [0.25, 0.3) is 0 Å². The molecule has 0 radical (unpaired) electrons. The van der Waals surface area contributed by atoms with Gasteiger partial charge in [-0.15, -0.1) is 11.3 Å². The van der Waals surface area contributed by atoms with E-state index in [-0.39, 0.29) is 17.7 Å². The number of carbonyl (C=O) groups excluding carboxylic acids is 2. The van der Waals surface area contributed by atoms with E-state index in [1.165, 1.54) is 17.0 Å². The maximum absolute atomic E-state index is 12.6. The van der Waals surface area contributed by atoms with E-state index in [0.29, 0.717) is 5.92 Å². The Hall–Kier alpha value is -2.21. The summed E-state index contributed by atoms with van der Waals surface area (Å²) in [4.78, 5) is 33.1. The van der Waals surface area contributed by atoms with Crippen LogP contribution < -0.4 is 5.32 Å². The Kier molecular flexibility index (Phi) is 4.67. The number of hydrogen-bond donors (Lipinski definition) is 1. The van der Waals surface area contributed by atoms with Crippen LogP contribution in [-0.4, -0.2) is 28.2 Å². The zero-order chi connectivity index (χ0) is 19.1. The molecule has 1 N–H and O–H groups in total. The molecular weight excluding hydrogens is 370 g/mol. The molecule has 28 heavy (non-hydrogen) atoms. The Morgan fingerprint density at radius 2 is 2.00 bits per heavy atom. The quantitative estimate of drug-likeness (QED) is 0.850. The summed E-state index contributed by atoms with van der Waals surface area (Å²) in [6, 6.07) is 7.90. The molecule has 1 saturated carbocycles. The van der Waals surface area contributed by atoms with E-state index < -0.39 is 0 Å². The zero-order valence-electron chi connectivity index (χ0n) is 15.9. The van der Waals surface area contributed by atoms with Crippen LogP contribution >= 0.6 is 11.3 Å². The summed E-state index contributed by atoms with van der Waals surface area (Å²) in [5, 5.41) is 3.83. The van der Waals surface area contributed by atoms with Gasteiger partial charge in [-0.05, 0) is 62.5 Å². The van der Waals surface area contributed by atoms with Crippen LogP contribution in [0, 0.1) is 11.8 Å². The molecule has 0 unspecified atom stereocenters. The molecule has 0 bridgehead atoms.